The monoisotopic (exact) mass is 458 g/mol. The number of nitrogens with one attached hydrogen (secondary N) is 1. The topological polar surface area (TPSA) is 69.2 Å². The molecule has 0 aliphatic rings. The average molecular weight is 459 g/mol. The van der Waals surface area contributed by atoms with Gasteiger partial charge in [0.05, 0.1) is 13.3 Å². The smallest absolute Gasteiger partial charge is 0.265 e. The molecule has 0 saturated carbocycles. The van der Waals surface area contributed by atoms with Crippen LogP contribution in [0.15, 0.2) is 71.9 Å². The van der Waals surface area contributed by atoms with E-state index in [1.54, 1.807) is 49.6 Å². The van der Waals surface area contributed by atoms with E-state index in [4.69, 9.17) is 37.5 Å². The highest BCUT2D eigenvalue weighted by Gasteiger charge is 2.07. The molecular weight excluding hydrogens is 439 g/mol. The molecule has 0 bridgehead atoms. The van der Waals surface area contributed by atoms with E-state index < -0.39 is 0 Å². The van der Waals surface area contributed by atoms with Crippen molar-refractivity contribution in [3.63, 3.8) is 0 Å². The van der Waals surface area contributed by atoms with Gasteiger partial charge in [0.1, 0.15) is 6.61 Å². The van der Waals surface area contributed by atoms with Gasteiger partial charge in [-0.2, -0.15) is 0 Å². The Balaban J connectivity index is 1.51. The number of amides is 1. The highest BCUT2D eigenvalue weighted by molar-refractivity contribution is 6.31. The van der Waals surface area contributed by atoms with Gasteiger partial charge in [0.2, 0.25) is 0 Å². The Morgan fingerprint density at radius 3 is 2.55 bits per heavy atom. The van der Waals surface area contributed by atoms with E-state index >= 15 is 0 Å². The van der Waals surface area contributed by atoms with Crippen molar-refractivity contribution in [1.29, 1.82) is 0 Å². The first-order chi connectivity index (χ1) is 15.0. The molecule has 3 aromatic carbocycles. The SMILES string of the molecule is COc1cc(C=NOCC(=O)Nc2ccc(Cl)cc2)ccc1OCc1ccccc1Cl. The van der Waals surface area contributed by atoms with Crippen LogP contribution < -0.4 is 14.8 Å². The normalized spacial score (nSPS) is 10.7. The molecule has 8 heteroatoms. The number of halogens is 2. The van der Waals surface area contributed by atoms with Crippen LogP contribution in [0, 0.1) is 0 Å². The second-order valence-corrected chi connectivity index (χ2v) is 7.20. The number of carbonyl (C=O) groups is 1. The van der Waals surface area contributed by atoms with Crippen LogP contribution in [0.2, 0.25) is 10.0 Å². The van der Waals surface area contributed by atoms with Gasteiger partial charge in [-0.25, -0.2) is 0 Å². The maximum atomic E-state index is 11.9. The summed E-state index contributed by atoms with van der Waals surface area (Å²) in [7, 11) is 1.55. The van der Waals surface area contributed by atoms with Crippen LogP contribution in [0.1, 0.15) is 11.1 Å². The lowest BCUT2D eigenvalue weighted by molar-refractivity contribution is -0.120. The van der Waals surface area contributed by atoms with Gasteiger partial charge in [-0.3, -0.25) is 4.79 Å². The van der Waals surface area contributed by atoms with E-state index in [0.29, 0.717) is 33.8 Å². The van der Waals surface area contributed by atoms with Gasteiger partial charge in [-0.15, -0.1) is 0 Å². The first-order valence-corrected chi connectivity index (χ1v) is 10.1. The van der Waals surface area contributed by atoms with E-state index in [1.165, 1.54) is 6.21 Å². The summed E-state index contributed by atoms with van der Waals surface area (Å²) in [5, 5.41) is 7.74. The quantitative estimate of drug-likeness (QED) is 0.336. The molecule has 6 nitrogen and oxygen atoms in total. The molecule has 0 saturated heterocycles. The predicted molar refractivity (Wildman–Crippen MR) is 122 cm³/mol. The van der Waals surface area contributed by atoms with Crippen molar-refractivity contribution in [2.75, 3.05) is 19.0 Å². The largest absolute Gasteiger partial charge is 0.493 e. The van der Waals surface area contributed by atoms with Crippen molar-refractivity contribution < 1.29 is 19.1 Å². The molecule has 0 aliphatic heterocycles. The standard InChI is InChI=1S/C23H20Cl2N2O4/c1-29-22-12-16(6-11-21(22)30-14-17-4-2-3-5-20(17)25)13-26-31-15-23(28)27-19-9-7-18(24)8-10-19/h2-13H,14-15H2,1H3,(H,27,28). The third-order valence-electron chi connectivity index (χ3n) is 4.13. The number of oxime groups is 1. The fourth-order valence-electron chi connectivity index (χ4n) is 2.58. The zero-order valence-corrected chi connectivity index (χ0v) is 18.2. The number of carbonyl (C=O) groups excluding carboxylic acids is 1. The Morgan fingerprint density at radius 1 is 1.03 bits per heavy atom. The number of nitrogens with zero attached hydrogens (tertiary/aromatic N) is 1. The lowest BCUT2D eigenvalue weighted by Gasteiger charge is -2.12. The van der Waals surface area contributed by atoms with Gasteiger partial charge in [0.15, 0.2) is 18.1 Å². The van der Waals surface area contributed by atoms with Crippen LogP contribution in [0.4, 0.5) is 5.69 Å². The minimum absolute atomic E-state index is 0.227. The van der Waals surface area contributed by atoms with Crippen LogP contribution in [-0.2, 0) is 16.2 Å². The van der Waals surface area contributed by atoms with E-state index in [1.807, 2.05) is 24.3 Å². The summed E-state index contributed by atoms with van der Waals surface area (Å²) in [6.07, 6.45) is 1.48. The van der Waals surface area contributed by atoms with E-state index in [0.717, 1.165) is 11.1 Å². The molecule has 160 valence electrons. The molecule has 3 rings (SSSR count). The molecule has 0 unspecified atom stereocenters. The summed E-state index contributed by atoms with van der Waals surface area (Å²) >= 11 is 12.0. The Hall–Kier alpha value is -3.22. The van der Waals surface area contributed by atoms with Gasteiger partial charge >= 0.3 is 0 Å². The van der Waals surface area contributed by atoms with Crippen LogP contribution in [-0.4, -0.2) is 25.8 Å². The predicted octanol–water partition coefficient (Wildman–Crippen LogP) is 5.57. The van der Waals surface area contributed by atoms with E-state index in [9.17, 15) is 4.79 Å². The van der Waals surface area contributed by atoms with E-state index in [2.05, 4.69) is 10.5 Å². The molecule has 1 N–H and O–H groups in total. The lowest BCUT2D eigenvalue weighted by atomic mass is 10.2. The molecular formula is C23H20Cl2N2O4. The average Bonchev–Trinajstić information content (AvgIpc) is 2.78. The lowest BCUT2D eigenvalue weighted by Crippen LogP contribution is -2.16. The molecule has 0 radical (unpaired) electrons. The number of anilines is 1. The highest BCUT2D eigenvalue weighted by atomic mass is 35.5. The summed E-state index contributed by atoms with van der Waals surface area (Å²) < 4.78 is 11.2. The molecule has 0 fully saturated rings. The minimum atomic E-state index is -0.333. The Morgan fingerprint density at radius 2 is 1.81 bits per heavy atom. The second kappa shape index (κ2) is 11.2. The first-order valence-electron chi connectivity index (χ1n) is 9.30. The number of hydrogen-bond acceptors (Lipinski definition) is 5. The van der Waals surface area contributed by atoms with Crippen LogP contribution in [0.25, 0.3) is 0 Å². The maximum Gasteiger partial charge on any atom is 0.265 e. The highest BCUT2D eigenvalue weighted by Crippen LogP contribution is 2.29. The number of ether oxygens (including phenoxy) is 2. The molecule has 31 heavy (non-hydrogen) atoms. The number of methoxy groups -OCH3 is 1. The Kier molecular flexibility index (Phi) is 8.15. The molecule has 0 aromatic heterocycles. The summed E-state index contributed by atoms with van der Waals surface area (Å²) in [5.74, 6) is 0.777. The third kappa shape index (κ3) is 6.91. The van der Waals surface area contributed by atoms with Gasteiger partial charge in [0, 0.05) is 26.9 Å². The molecule has 0 aliphatic carbocycles. The third-order valence-corrected chi connectivity index (χ3v) is 4.75. The van der Waals surface area contributed by atoms with Crippen molar-refractivity contribution in [2.24, 2.45) is 5.16 Å². The van der Waals surface area contributed by atoms with Gasteiger partial charge < -0.3 is 19.6 Å². The van der Waals surface area contributed by atoms with Crippen LogP contribution in [0.5, 0.6) is 11.5 Å². The Bertz CT molecular complexity index is 1060. The van der Waals surface area contributed by atoms with Gasteiger partial charge in [0.25, 0.3) is 5.91 Å². The van der Waals surface area contributed by atoms with Crippen molar-refractivity contribution in [2.45, 2.75) is 6.61 Å². The molecule has 0 atom stereocenters. The first kappa shape index (κ1) is 22.5. The minimum Gasteiger partial charge on any atom is -0.493 e. The summed E-state index contributed by atoms with van der Waals surface area (Å²) in [4.78, 5) is 16.9. The molecule has 3 aromatic rings. The molecule has 1 amide bonds. The zero-order chi connectivity index (χ0) is 22.1. The van der Waals surface area contributed by atoms with Crippen molar-refractivity contribution in [3.8, 4) is 11.5 Å². The van der Waals surface area contributed by atoms with Crippen LogP contribution in [0.3, 0.4) is 0 Å². The fourth-order valence-corrected chi connectivity index (χ4v) is 2.90. The number of rotatable bonds is 9. The summed E-state index contributed by atoms with van der Waals surface area (Å²) in [6, 6.07) is 19.6. The number of hydrogen-bond donors (Lipinski definition) is 1. The summed E-state index contributed by atoms with van der Waals surface area (Å²) in [6.45, 7) is 0.0879. The van der Waals surface area contributed by atoms with Crippen molar-refractivity contribution in [3.05, 3.63) is 87.9 Å². The van der Waals surface area contributed by atoms with E-state index in [-0.39, 0.29) is 12.5 Å². The Labute approximate surface area is 190 Å². The van der Waals surface area contributed by atoms with Crippen LogP contribution >= 0.6 is 23.2 Å². The maximum absolute atomic E-state index is 11.9. The molecule has 0 spiro atoms. The molecule has 0 heterocycles. The summed E-state index contributed by atoms with van der Waals surface area (Å²) in [5.41, 5.74) is 2.22. The fraction of sp³-hybridized carbons (Fsp3) is 0.130. The van der Waals surface area contributed by atoms with Crippen molar-refractivity contribution >= 4 is 41.0 Å². The number of benzene rings is 3. The van der Waals surface area contributed by atoms with Gasteiger partial charge in [-0.05, 0) is 48.5 Å². The second-order valence-electron chi connectivity index (χ2n) is 6.35. The van der Waals surface area contributed by atoms with Gasteiger partial charge in [-0.1, -0.05) is 46.6 Å². The van der Waals surface area contributed by atoms with Crippen molar-refractivity contribution in [1.82, 2.24) is 0 Å². The zero-order valence-electron chi connectivity index (χ0n) is 16.7.